The molecular weight excluding hydrogens is 282 g/mol. The standard InChI is InChI=1S/C16H11N3O3/c20-16(21)14-7-10-3-1-4-11-12-8-17-18-13(12)9-22-6-2-5-19(14)15(10)11/h1-4,6-9H,5H2,(H,20,21)/b6-2-,13-9+. The molecule has 2 aromatic rings. The zero-order valence-corrected chi connectivity index (χ0v) is 11.4. The number of aromatic nitrogens is 1. The third-order valence-electron chi connectivity index (χ3n) is 3.70. The maximum absolute atomic E-state index is 11.5. The average Bonchev–Trinajstić information content (AvgIpc) is 3.11. The molecule has 0 bridgehead atoms. The third kappa shape index (κ3) is 1.77. The number of allylic oxidation sites excluding steroid dienone is 2. The number of hydrogen-bond acceptors (Lipinski definition) is 4. The predicted octanol–water partition coefficient (Wildman–Crippen LogP) is 3.53. The Bertz CT molecular complexity index is 916. The fourth-order valence-electron chi connectivity index (χ4n) is 2.78. The van der Waals surface area contributed by atoms with Crippen LogP contribution >= 0.6 is 0 Å². The normalized spacial score (nSPS) is 19.8. The summed E-state index contributed by atoms with van der Waals surface area (Å²) in [5.74, 6) is -0.959. The van der Waals surface area contributed by atoms with E-state index < -0.39 is 5.97 Å². The molecule has 1 aromatic carbocycles. The van der Waals surface area contributed by atoms with Gasteiger partial charge < -0.3 is 14.4 Å². The van der Waals surface area contributed by atoms with Crippen molar-refractivity contribution in [2.45, 2.75) is 6.54 Å². The topological polar surface area (TPSA) is 76.2 Å². The second kappa shape index (κ2) is 4.70. The van der Waals surface area contributed by atoms with E-state index in [-0.39, 0.29) is 5.69 Å². The first-order valence-corrected chi connectivity index (χ1v) is 6.73. The van der Waals surface area contributed by atoms with Crippen LogP contribution in [0.2, 0.25) is 0 Å². The number of carboxylic acids is 1. The lowest BCUT2D eigenvalue weighted by Gasteiger charge is -2.12. The number of fused-ring (bicyclic) bond motifs is 2. The molecule has 0 unspecified atom stereocenters. The SMILES string of the molecule is O=C(O)c1cc2cccc3c2n1C/C=C\O/C=C1/N=NC=C13. The predicted molar refractivity (Wildman–Crippen MR) is 80.0 cm³/mol. The molecule has 3 heterocycles. The zero-order chi connectivity index (χ0) is 15.1. The fourth-order valence-corrected chi connectivity index (χ4v) is 2.78. The highest BCUT2D eigenvalue weighted by molar-refractivity contribution is 6.01. The Morgan fingerprint density at radius 1 is 1.36 bits per heavy atom. The quantitative estimate of drug-likeness (QED) is 0.873. The highest BCUT2D eigenvalue weighted by Crippen LogP contribution is 2.35. The maximum Gasteiger partial charge on any atom is 0.352 e. The van der Waals surface area contributed by atoms with Gasteiger partial charge in [-0.3, -0.25) is 0 Å². The van der Waals surface area contributed by atoms with Gasteiger partial charge in [-0.1, -0.05) is 18.2 Å². The van der Waals surface area contributed by atoms with Crippen LogP contribution < -0.4 is 0 Å². The molecule has 22 heavy (non-hydrogen) atoms. The van der Waals surface area contributed by atoms with Crippen LogP contribution in [0.25, 0.3) is 16.5 Å². The Kier molecular flexibility index (Phi) is 2.69. The van der Waals surface area contributed by atoms with Gasteiger partial charge in [-0.25, -0.2) is 4.79 Å². The third-order valence-corrected chi connectivity index (χ3v) is 3.70. The zero-order valence-electron chi connectivity index (χ0n) is 11.4. The Labute approximate surface area is 125 Å². The van der Waals surface area contributed by atoms with E-state index in [1.807, 2.05) is 18.2 Å². The molecule has 0 saturated carbocycles. The van der Waals surface area contributed by atoms with E-state index in [4.69, 9.17) is 4.74 Å². The Morgan fingerprint density at radius 2 is 2.27 bits per heavy atom. The molecule has 1 aromatic heterocycles. The Balaban J connectivity index is 2.09. The minimum absolute atomic E-state index is 0.241. The van der Waals surface area contributed by atoms with Gasteiger partial charge in [0.1, 0.15) is 17.7 Å². The Morgan fingerprint density at radius 3 is 3.14 bits per heavy atom. The van der Waals surface area contributed by atoms with Crippen LogP contribution in [0, 0.1) is 0 Å². The number of ether oxygens (including phenoxy) is 1. The van der Waals surface area contributed by atoms with E-state index in [1.54, 1.807) is 22.9 Å². The van der Waals surface area contributed by atoms with Gasteiger partial charge in [0, 0.05) is 23.1 Å². The van der Waals surface area contributed by atoms with Gasteiger partial charge in [0.05, 0.1) is 18.0 Å². The molecule has 0 radical (unpaired) electrons. The molecule has 0 amide bonds. The minimum Gasteiger partial charge on any atom is -0.477 e. The number of benzene rings is 1. The lowest BCUT2D eigenvalue weighted by molar-refractivity contribution is 0.0686. The van der Waals surface area contributed by atoms with E-state index >= 15 is 0 Å². The van der Waals surface area contributed by atoms with Crippen molar-refractivity contribution in [3.8, 4) is 0 Å². The molecule has 0 saturated heterocycles. The van der Waals surface area contributed by atoms with Crippen LogP contribution in [0.3, 0.4) is 0 Å². The van der Waals surface area contributed by atoms with Gasteiger partial charge in [0.15, 0.2) is 0 Å². The molecule has 2 aliphatic rings. The molecule has 2 aliphatic heterocycles. The largest absolute Gasteiger partial charge is 0.477 e. The van der Waals surface area contributed by atoms with Crippen LogP contribution in [0.15, 0.2) is 65.0 Å². The molecule has 0 spiro atoms. The first-order valence-electron chi connectivity index (χ1n) is 6.73. The summed E-state index contributed by atoms with van der Waals surface area (Å²) in [5.41, 5.74) is 3.42. The maximum atomic E-state index is 11.5. The van der Waals surface area contributed by atoms with Crippen molar-refractivity contribution in [2.75, 3.05) is 0 Å². The van der Waals surface area contributed by atoms with Gasteiger partial charge in [-0.2, -0.15) is 5.11 Å². The fraction of sp³-hybridized carbons (Fsp3) is 0.0625. The van der Waals surface area contributed by atoms with E-state index in [1.165, 1.54) is 12.5 Å². The smallest absolute Gasteiger partial charge is 0.352 e. The van der Waals surface area contributed by atoms with Crippen molar-refractivity contribution < 1.29 is 14.6 Å². The van der Waals surface area contributed by atoms with Crippen LogP contribution in [-0.2, 0) is 11.3 Å². The van der Waals surface area contributed by atoms with Gasteiger partial charge in [0.2, 0.25) is 0 Å². The van der Waals surface area contributed by atoms with Crippen LogP contribution in [0.4, 0.5) is 0 Å². The number of hydrogen-bond donors (Lipinski definition) is 1. The van der Waals surface area contributed by atoms with Gasteiger partial charge in [-0.05, 0) is 12.1 Å². The summed E-state index contributed by atoms with van der Waals surface area (Å²) < 4.78 is 7.07. The molecule has 108 valence electrons. The molecule has 6 heteroatoms. The summed E-state index contributed by atoms with van der Waals surface area (Å²) in [6, 6.07) is 7.42. The number of carbonyl (C=O) groups is 1. The summed E-state index contributed by atoms with van der Waals surface area (Å²) in [5, 5.41) is 18.3. The monoisotopic (exact) mass is 293 g/mol. The average molecular weight is 293 g/mol. The summed E-state index contributed by atoms with van der Waals surface area (Å²) in [7, 11) is 0. The second-order valence-electron chi connectivity index (χ2n) is 4.96. The van der Waals surface area contributed by atoms with Crippen molar-refractivity contribution in [1.29, 1.82) is 0 Å². The molecule has 6 nitrogen and oxygen atoms in total. The molecule has 0 atom stereocenters. The summed E-state index contributed by atoms with van der Waals surface area (Å²) >= 11 is 0. The second-order valence-corrected chi connectivity index (χ2v) is 4.96. The first-order chi connectivity index (χ1) is 10.8. The number of rotatable bonds is 1. The highest BCUT2D eigenvalue weighted by Gasteiger charge is 2.21. The van der Waals surface area contributed by atoms with E-state index in [0.29, 0.717) is 12.2 Å². The molecule has 0 fully saturated rings. The lowest BCUT2D eigenvalue weighted by atomic mass is 10.0. The summed E-state index contributed by atoms with van der Waals surface area (Å²) in [6.07, 6.45) is 6.48. The van der Waals surface area contributed by atoms with E-state index in [0.717, 1.165) is 22.0 Å². The molecule has 1 N–H and O–H groups in total. The van der Waals surface area contributed by atoms with Gasteiger partial charge in [-0.15, -0.1) is 5.11 Å². The first kappa shape index (κ1) is 12.6. The van der Waals surface area contributed by atoms with Crippen molar-refractivity contribution in [3.63, 3.8) is 0 Å². The van der Waals surface area contributed by atoms with E-state index in [2.05, 4.69) is 10.2 Å². The number of azo groups is 1. The van der Waals surface area contributed by atoms with Crippen molar-refractivity contribution in [2.24, 2.45) is 10.2 Å². The van der Waals surface area contributed by atoms with Crippen molar-refractivity contribution in [1.82, 2.24) is 4.57 Å². The summed E-state index contributed by atoms with van der Waals surface area (Å²) in [4.78, 5) is 11.5. The van der Waals surface area contributed by atoms with Gasteiger partial charge in [0.25, 0.3) is 0 Å². The Hall–Kier alpha value is -3.15. The highest BCUT2D eigenvalue weighted by atomic mass is 16.5. The number of aromatic carboxylic acids is 1. The number of nitrogens with zero attached hydrogens (tertiary/aromatic N) is 3. The van der Waals surface area contributed by atoms with Crippen LogP contribution in [-0.4, -0.2) is 15.6 Å². The number of para-hydroxylation sites is 1. The molecule has 0 aliphatic carbocycles. The lowest BCUT2D eigenvalue weighted by Crippen LogP contribution is -2.08. The van der Waals surface area contributed by atoms with Crippen molar-refractivity contribution >= 4 is 22.4 Å². The van der Waals surface area contributed by atoms with Crippen LogP contribution in [0.1, 0.15) is 16.1 Å². The van der Waals surface area contributed by atoms with Crippen molar-refractivity contribution in [3.05, 3.63) is 66.0 Å². The van der Waals surface area contributed by atoms with E-state index in [9.17, 15) is 9.90 Å². The van der Waals surface area contributed by atoms with Gasteiger partial charge >= 0.3 is 5.97 Å². The van der Waals surface area contributed by atoms with Crippen LogP contribution in [0.5, 0.6) is 0 Å². The molecular formula is C16H11N3O3. The molecule has 4 rings (SSSR count). The summed E-state index contributed by atoms with van der Waals surface area (Å²) in [6.45, 7) is 0.410. The minimum atomic E-state index is -0.959. The number of carboxylic acid groups (broad SMARTS) is 1.